The van der Waals surface area contributed by atoms with Crippen LogP contribution < -0.4 is 15.5 Å². The topological polar surface area (TPSA) is 44.4 Å². The average Bonchev–Trinajstić information content (AvgIpc) is 2.48. The molecule has 0 aromatic heterocycles. The summed E-state index contributed by atoms with van der Waals surface area (Å²) < 4.78 is 0. The van der Waals surface area contributed by atoms with Gasteiger partial charge in [-0.1, -0.05) is 18.7 Å². The maximum absolute atomic E-state index is 12.0. The van der Waals surface area contributed by atoms with Crippen LogP contribution in [-0.4, -0.2) is 32.1 Å². The van der Waals surface area contributed by atoms with Gasteiger partial charge in [-0.15, -0.1) is 0 Å². The molecule has 0 spiro atoms. The monoisotopic (exact) mass is 271 g/mol. The summed E-state index contributed by atoms with van der Waals surface area (Å²) in [5.41, 5.74) is 3.19. The van der Waals surface area contributed by atoms with Gasteiger partial charge in [-0.2, -0.15) is 0 Å². The van der Waals surface area contributed by atoms with Crippen LogP contribution in [0.4, 0.5) is 5.69 Å². The molecular weight excluding hydrogens is 250 g/mol. The first-order valence-corrected chi connectivity index (χ1v) is 7.28. The highest BCUT2D eigenvalue weighted by Gasteiger charge is 2.25. The van der Waals surface area contributed by atoms with Crippen LogP contribution in [0.3, 0.4) is 0 Å². The molecule has 20 heavy (non-hydrogen) atoms. The van der Waals surface area contributed by atoms with Crippen LogP contribution in [0.25, 0.3) is 0 Å². The number of rotatable bonds is 2. The van der Waals surface area contributed by atoms with Crippen molar-refractivity contribution in [3.05, 3.63) is 42.1 Å². The highest BCUT2D eigenvalue weighted by atomic mass is 16.2. The molecule has 2 N–H and O–H groups in total. The maximum atomic E-state index is 12.0. The molecule has 1 aromatic rings. The van der Waals surface area contributed by atoms with Gasteiger partial charge in [0.25, 0.3) is 0 Å². The summed E-state index contributed by atoms with van der Waals surface area (Å²) in [7, 11) is 0. The summed E-state index contributed by atoms with van der Waals surface area (Å²) >= 11 is 0. The van der Waals surface area contributed by atoms with Crippen molar-refractivity contribution >= 4 is 11.6 Å². The van der Waals surface area contributed by atoms with Crippen molar-refractivity contribution in [3.63, 3.8) is 0 Å². The van der Waals surface area contributed by atoms with Crippen molar-refractivity contribution in [1.82, 2.24) is 10.6 Å². The van der Waals surface area contributed by atoms with Crippen molar-refractivity contribution in [2.24, 2.45) is 0 Å². The van der Waals surface area contributed by atoms with Crippen LogP contribution in [0.1, 0.15) is 24.3 Å². The number of piperidine rings is 1. The fourth-order valence-corrected chi connectivity index (χ4v) is 2.93. The van der Waals surface area contributed by atoms with Crippen molar-refractivity contribution < 1.29 is 4.79 Å². The first kappa shape index (κ1) is 13.2. The van der Waals surface area contributed by atoms with Gasteiger partial charge in [-0.05, 0) is 30.5 Å². The zero-order valence-corrected chi connectivity index (χ0v) is 11.7. The number of benzene rings is 1. The number of anilines is 1. The second-order valence-electron chi connectivity index (χ2n) is 5.51. The number of hydrogen-bond acceptors (Lipinski definition) is 3. The molecule has 2 aliphatic rings. The quantitative estimate of drug-likeness (QED) is 0.859. The minimum Gasteiger partial charge on any atom is -0.369 e. The zero-order chi connectivity index (χ0) is 13.9. The molecule has 0 aliphatic carbocycles. The van der Waals surface area contributed by atoms with Gasteiger partial charge < -0.3 is 15.5 Å². The van der Waals surface area contributed by atoms with E-state index < -0.39 is 0 Å². The van der Waals surface area contributed by atoms with E-state index in [1.54, 1.807) is 0 Å². The first-order valence-electron chi connectivity index (χ1n) is 7.28. The van der Waals surface area contributed by atoms with E-state index in [9.17, 15) is 4.79 Å². The number of nitrogens with zero attached hydrogens (tertiary/aromatic N) is 1. The van der Waals surface area contributed by atoms with Gasteiger partial charge in [-0.25, -0.2) is 0 Å². The summed E-state index contributed by atoms with van der Waals surface area (Å²) in [6, 6.07) is 8.46. The summed E-state index contributed by atoms with van der Waals surface area (Å²) in [6.07, 6.45) is 1.73. The van der Waals surface area contributed by atoms with Crippen LogP contribution in [0.15, 0.2) is 36.5 Å². The number of nitrogens with one attached hydrogen (secondary N) is 2. The van der Waals surface area contributed by atoms with E-state index in [0.29, 0.717) is 0 Å². The molecule has 2 fully saturated rings. The van der Waals surface area contributed by atoms with E-state index in [1.165, 1.54) is 5.69 Å². The van der Waals surface area contributed by atoms with E-state index >= 15 is 0 Å². The third-order valence-electron chi connectivity index (χ3n) is 4.13. The van der Waals surface area contributed by atoms with E-state index in [4.69, 9.17) is 0 Å². The predicted octanol–water partition coefficient (Wildman–Crippen LogP) is 1.60. The molecule has 4 nitrogen and oxygen atoms in total. The molecule has 2 aliphatic heterocycles. The van der Waals surface area contributed by atoms with Crippen molar-refractivity contribution in [2.45, 2.75) is 18.8 Å². The summed E-state index contributed by atoms with van der Waals surface area (Å²) in [4.78, 5) is 14.4. The molecule has 1 atom stereocenters. The van der Waals surface area contributed by atoms with Gasteiger partial charge in [-0.3, -0.25) is 4.79 Å². The molecule has 0 saturated carbocycles. The van der Waals surface area contributed by atoms with Crippen molar-refractivity contribution in [3.8, 4) is 0 Å². The Labute approximate surface area is 119 Å². The largest absolute Gasteiger partial charge is 0.369 e. The lowest BCUT2D eigenvalue weighted by Crippen LogP contribution is -2.43. The number of hydrogen-bond donors (Lipinski definition) is 2. The average molecular weight is 271 g/mol. The van der Waals surface area contributed by atoms with Gasteiger partial charge in [0.1, 0.15) is 0 Å². The van der Waals surface area contributed by atoms with E-state index in [1.807, 2.05) is 0 Å². The van der Waals surface area contributed by atoms with Crippen LogP contribution in [0.2, 0.25) is 0 Å². The molecule has 2 heterocycles. The third-order valence-corrected chi connectivity index (χ3v) is 4.13. The van der Waals surface area contributed by atoms with Crippen molar-refractivity contribution in [1.29, 1.82) is 0 Å². The Morgan fingerprint density at radius 2 is 1.85 bits per heavy atom. The zero-order valence-electron chi connectivity index (χ0n) is 11.7. The Morgan fingerprint density at radius 3 is 2.50 bits per heavy atom. The highest BCUT2D eigenvalue weighted by Crippen LogP contribution is 2.28. The van der Waals surface area contributed by atoms with Gasteiger partial charge in [0.15, 0.2) is 0 Å². The lowest BCUT2D eigenvalue weighted by molar-refractivity contribution is -0.122. The third kappa shape index (κ3) is 2.70. The lowest BCUT2D eigenvalue weighted by Gasteiger charge is -2.30. The molecule has 1 unspecified atom stereocenters. The molecule has 0 bridgehead atoms. The van der Waals surface area contributed by atoms with Gasteiger partial charge >= 0.3 is 0 Å². The van der Waals surface area contributed by atoms with Gasteiger partial charge in [0.2, 0.25) is 5.91 Å². The van der Waals surface area contributed by atoms with Gasteiger partial charge in [0.05, 0.1) is 5.92 Å². The fourth-order valence-electron chi connectivity index (χ4n) is 2.93. The minimum absolute atomic E-state index is 0.0300. The fraction of sp³-hybridized carbons (Fsp3) is 0.438. The van der Waals surface area contributed by atoms with Crippen LogP contribution >= 0.6 is 0 Å². The van der Waals surface area contributed by atoms with Crippen molar-refractivity contribution in [2.75, 3.05) is 31.1 Å². The Morgan fingerprint density at radius 1 is 1.15 bits per heavy atom. The minimum atomic E-state index is -0.0300. The van der Waals surface area contributed by atoms with Crippen LogP contribution in [0, 0.1) is 0 Å². The molecule has 2 saturated heterocycles. The lowest BCUT2D eigenvalue weighted by atomic mass is 9.90. The van der Waals surface area contributed by atoms with E-state index in [0.717, 1.165) is 50.3 Å². The molecule has 0 radical (unpaired) electrons. The highest BCUT2D eigenvalue weighted by molar-refractivity contribution is 5.86. The Hall–Kier alpha value is -1.81. The molecule has 1 aromatic carbocycles. The number of carbonyl (C=O) groups is 1. The molecular formula is C16H21N3O. The first-order chi connectivity index (χ1) is 9.74. The standard InChI is InChI=1S/C16H21N3O/c1-12-2-7-15(16(20)18-12)13-3-5-14(6-4-13)19-10-8-17-9-11-19/h3-6,15,17H,1-2,7-11H2,(H,18,20). The predicted molar refractivity (Wildman–Crippen MR) is 80.8 cm³/mol. The molecule has 3 rings (SSSR count). The van der Waals surface area contributed by atoms with E-state index in [2.05, 4.69) is 46.4 Å². The number of carbonyl (C=O) groups excluding carboxylic acids is 1. The SMILES string of the molecule is C=C1CCC(c2ccc(N3CCNCC3)cc2)C(=O)N1. The number of piperazine rings is 1. The molecule has 4 heteroatoms. The number of allylic oxidation sites excluding steroid dienone is 1. The summed E-state index contributed by atoms with van der Waals surface area (Å²) in [5.74, 6) is 0.0498. The Kier molecular flexibility index (Phi) is 3.74. The number of amides is 1. The normalized spacial score (nSPS) is 23.6. The Balaban J connectivity index is 1.72. The van der Waals surface area contributed by atoms with Crippen LogP contribution in [-0.2, 0) is 4.79 Å². The molecule has 106 valence electrons. The smallest absolute Gasteiger partial charge is 0.231 e. The summed E-state index contributed by atoms with van der Waals surface area (Å²) in [6.45, 7) is 7.99. The molecule has 1 amide bonds. The van der Waals surface area contributed by atoms with Crippen LogP contribution in [0.5, 0.6) is 0 Å². The van der Waals surface area contributed by atoms with Gasteiger partial charge in [0, 0.05) is 37.6 Å². The summed E-state index contributed by atoms with van der Waals surface area (Å²) in [5, 5.41) is 6.21. The van der Waals surface area contributed by atoms with E-state index in [-0.39, 0.29) is 11.8 Å². The second kappa shape index (κ2) is 5.67. The second-order valence-corrected chi connectivity index (χ2v) is 5.51. The Bertz CT molecular complexity index is 503. The maximum Gasteiger partial charge on any atom is 0.231 e.